The smallest absolute Gasteiger partial charge is 0.251 e. The van der Waals surface area contributed by atoms with Gasteiger partial charge in [-0.05, 0) is 50.0 Å². The minimum absolute atomic E-state index is 0.0543. The van der Waals surface area contributed by atoms with Crippen molar-refractivity contribution in [3.8, 4) is 5.75 Å². The summed E-state index contributed by atoms with van der Waals surface area (Å²) in [5.74, 6) is 0.779. The molecule has 1 N–H and O–H groups in total. The molecule has 0 aromatic heterocycles. The number of nitrogens with zero attached hydrogens (tertiary/aromatic N) is 1. The van der Waals surface area contributed by atoms with Gasteiger partial charge in [0.1, 0.15) is 12.4 Å². The van der Waals surface area contributed by atoms with Gasteiger partial charge in [0.2, 0.25) is 0 Å². The maximum absolute atomic E-state index is 12.6. The highest BCUT2D eigenvalue weighted by molar-refractivity contribution is 7.98. The van der Waals surface area contributed by atoms with Crippen molar-refractivity contribution in [2.75, 3.05) is 32.5 Å². The molecule has 27 heavy (non-hydrogen) atoms. The number of hydrogen-bond acceptors (Lipinski definition) is 4. The van der Waals surface area contributed by atoms with Crippen LogP contribution < -0.4 is 10.1 Å². The normalized spacial score (nSPS) is 10.9. The summed E-state index contributed by atoms with van der Waals surface area (Å²) in [5, 5.41) is 3.03. The third-order valence-corrected chi connectivity index (χ3v) is 5.39. The minimum Gasteiger partial charge on any atom is -0.492 e. The molecular formula is C22H30N2O2S. The van der Waals surface area contributed by atoms with E-state index < -0.39 is 0 Å². The molecule has 146 valence electrons. The lowest BCUT2D eigenvalue weighted by molar-refractivity contribution is 0.0949. The highest BCUT2D eigenvalue weighted by atomic mass is 32.2. The van der Waals surface area contributed by atoms with Gasteiger partial charge in [-0.3, -0.25) is 4.79 Å². The van der Waals surface area contributed by atoms with E-state index in [-0.39, 0.29) is 5.91 Å². The lowest BCUT2D eigenvalue weighted by atomic mass is 10.1. The Labute approximate surface area is 167 Å². The Hall–Kier alpha value is -1.98. The Balaban J connectivity index is 1.98. The Morgan fingerprint density at radius 1 is 1.15 bits per heavy atom. The highest BCUT2D eigenvalue weighted by Crippen LogP contribution is 2.20. The monoisotopic (exact) mass is 386 g/mol. The molecule has 0 atom stereocenters. The van der Waals surface area contributed by atoms with E-state index in [9.17, 15) is 4.79 Å². The average Bonchev–Trinajstić information content (AvgIpc) is 2.70. The van der Waals surface area contributed by atoms with E-state index in [1.807, 2.05) is 55.6 Å². The molecule has 4 nitrogen and oxygen atoms in total. The van der Waals surface area contributed by atoms with Crippen LogP contribution in [0.25, 0.3) is 0 Å². The van der Waals surface area contributed by atoms with Crippen LogP contribution in [0, 0.1) is 6.92 Å². The fourth-order valence-corrected chi connectivity index (χ4v) is 3.30. The quantitative estimate of drug-likeness (QED) is 0.616. The van der Waals surface area contributed by atoms with E-state index in [4.69, 9.17) is 4.74 Å². The van der Waals surface area contributed by atoms with Gasteiger partial charge in [0.15, 0.2) is 0 Å². The number of ether oxygens (including phenoxy) is 1. The summed E-state index contributed by atoms with van der Waals surface area (Å²) in [6.07, 6.45) is 2.01. The highest BCUT2D eigenvalue weighted by Gasteiger charge is 2.11. The van der Waals surface area contributed by atoms with Crippen molar-refractivity contribution in [1.29, 1.82) is 0 Å². The predicted octanol–water partition coefficient (Wildman–Crippen LogP) is 4.37. The Kier molecular flexibility index (Phi) is 8.69. The summed E-state index contributed by atoms with van der Waals surface area (Å²) < 4.78 is 5.97. The number of amides is 1. The van der Waals surface area contributed by atoms with Gasteiger partial charge in [-0.1, -0.05) is 38.1 Å². The van der Waals surface area contributed by atoms with E-state index in [1.54, 1.807) is 11.8 Å². The second-order valence-corrected chi connectivity index (χ2v) is 7.23. The average molecular weight is 387 g/mol. The standard InChI is InChI=1S/C22H30N2O2S/c1-5-24(6-2)13-14-26-21-10-8-7-9-18(21)16-23-22(25)20-15-19(27-4)12-11-17(20)3/h7-12,15H,5-6,13-14,16H2,1-4H3,(H,23,25). The van der Waals surface area contributed by atoms with Crippen LogP contribution in [0.4, 0.5) is 0 Å². The number of benzene rings is 2. The first-order valence-corrected chi connectivity index (χ1v) is 10.7. The van der Waals surface area contributed by atoms with Crippen LogP contribution in [0.3, 0.4) is 0 Å². The fraction of sp³-hybridized carbons (Fsp3) is 0.409. The summed E-state index contributed by atoms with van der Waals surface area (Å²) in [7, 11) is 0. The van der Waals surface area contributed by atoms with E-state index in [0.717, 1.165) is 47.0 Å². The molecular weight excluding hydrogens is 356 g/mol. The number of rotatable bonds is 10. The number of nitrogens with one attached hydrogen (secondary N) is 1. The van der Waals surface area contributed by atoms with Crippen molar-refractivity contribution in [3.05, 3.63) is 59.2 Å². The van der Waals surface area contributed by atoms with Crippen LogP contribution in [-0.4, -0.2) is 43.3 Å². The molecule has 0 bridgehead atoms. The van der Waals surface area contributed by atoms with Crippen LogP contribution in [0.1, 0.15) is 35.3 Å². The summed E-state index contributed by atoms with van der Waals surface area (Å²) >= 11 is 1.64. The van der Waals surface area contributed by atoms with Crippen molar-refractivity contribution in [2.24, 2.45) is 0 Å². The van der Waals surface area contributed by atoms with Gasteiger partial charge in [0.05, 0.1) is 0 Å². The summed E-state index contributed by atoms with van der Waals surface area (Å²) in [4.78, 5) is 16.0. The molecule has 2 rings (SSSR count). The molecule has 0 saturated carbocycles. The minimum atomic E-state index is -0.0543. The number of hydrogen-bond donors (Lipinski definition) is 1. The number of carbonyl (C=O) groups excluding carboxylic acids is 1. The van der Waals surface area contributed by atoms with Crippen molar-refractivity contribution in [1.82, 2.24) is 10.2 Å². The van der Waals surface area contributed by atoms with Gasteiger partial charge in [0.25, 0.3) is 5.91 Å². The van der Waals surface area contributed by atoms with Crippen molar-refractivity contribution >= 4 is 17.7 Å². The Bertz CT molecular complexity index is 745. The van der Waals surface area contributed by atoms with Gasteiger partial charge in [0, 0.05) is 29.1 Å². The predicted molar refractivity (Wildman–Crippen MR) is 114 cm³/mol. The van der Waals surface area contributed by atoms with Gasteiger partial charge in [-0.15, -0.1) is 11.8 Å². The molecule has 0 aliphatic heterocycles. The maximum Gasteiger partial charge on any atom is 0.251 e. The molecule has 0 aliphatic carbocycles. The van der Waals surface area contributed by atoms with E-state index >= 15 is 0 Å². The topological polar surface area (TPSA) is 41.6 Å². The van der Waals surface area contributed by atoms with Crippen LogP contribution in [0.15, 0.2) is 47.4 Å². The number of thioether (sulfide) groups is 1. The van der Waals surface area contributed by atoms with Crippen LogP contribution in [0.2, 0.25) is 0 Å². The third kappa shape index (κ3) is 6.29. The summed E-state index contributed by atoms with van der Waals surface area (Å²) in [6, 6.07) is 13.9. The molecule has 0 unspecified atom stereocenters. The lowest BCUT2D eigenvalue weighted by Gasteiger charge is -2.19. The van der Waals surface area contributed by atoms with Crippen molar-refractivity contribution in [3.63, 3.8) is 0 Å². The molecule has 0 aliphatic rings. The molecule has 1 amide bonds. The Morgan fingerprint density at radius 3 is 2.59 bits per heavy atom. The second kappa shape index (κ2) is 11.0. The molecule has 0 radical (unpaired) electrons. The fourth-order valence-electron chi connectivity index (χ4n) is 2.86. The first kappa shape index (κ1) is 21.3. The SMILES string of the molecule is CCN(CC)CCOc1ccccc1CNC(=O)c1cc(SC)ccc1C. The summed E-state index contributed by atoms with van der Waals surface area (Å²) in [5.41, 5.74) is 2.69. The van der Waals surface area contributed by atoms with E-state index in [0.29, 0.717) is 13.2 Å². The van der Waals surface area contributed by atoms with Crippen LogP contribution >= 0.6 is 11.8 Å². The van der Waals surface area contributed by atoms with Crippen molar-refractivity contribution < 1.29 is 9.53 Å². The second-order valence-electron chi connectivity index (χ2n) is 6.35. The largest absolute Gasteiger partial charge is 0.492 e. The van der Waals surface area contributed by atoms with Gasteiger partial charge in [-0.2, -0.15) is 0 Å². The summed E-state index contributed by atoms with van der Waals surface area (Å²) in [6.45, 7) is 10.3. The molecule has 2 aromatic rings. The first-order chi connectivity index (χ1) is 13.1. The molecule has 0 spiro atoms. The van der Waals surface area contributed by atoms with Crippen LogP contribution in [0.5, 0.6) is 5.75 Å². The van der Waals surface area contributed by atoms with E-state index in [1.165, 1.54) is 0 Å². The maximum atomic E-state index is 12.6. The van der Waals surface area contributed by atoms with Gasteiger partial charge in [-0.25, -0.2) is 0 Å². The van der Waals surface area contributed by atoms with Crippen LogP contribution in [-0.2, 0) is 6.54 Å². The molecule has 0 saturated heterocycles. The lowest BCUT2D eigenvalue weighted by Crippen LogP contribution is -2.28. The molecule has 5 heteroatoms. The van der Waals surface area contributed by atoms with Crippen molar-refractivity contribution in [2.45, 2.75) is 32.2 Å². The third-order valence-electron chi connectivity index (χ3n) is 4.66. The Morgan fingerprint density at radius 2 is 1.89 bits per heavy atom. The zero-order valence-electron chi connectivity index (χ0n) is 16.7. The van der Waals surface area contributed by atoms with Gasteiger partial charge < -0.3 is 15.0 Å². The van der Waals surface area contributed by atoms with E-state index in [2.05, 4.69) is 24.1 Å². The number of likely N-dealkylation sites (N-methyl/N-ethyl adjacent to an activating group) is 1. The molecule has 0 heterocycles. The van der Waals surface area contributed by atoms with Gasteiger partial charge >= 0.3 is 0 Å². The zero-order chi connectivity index (χ0) is 19.6. The number of para-hydroxylation sites is 1. The molecule has 2 aromatic carbocycles. The number of carbonyl (C=O) groups is 1. The number of aryl methyl sites for hydroxylation is 1. The molecule has 0 fully saturated rings. The zero-order valence-corrected chi connectivity index (χ0v) is 17.6. The first-order valence-electron chi connectivity index (χ1n) is 9.44.